The molecule has 2 aromatic carbocycles. The number of halogens is 1. The molecule has 4 aromatic rings. The third kappa shape index (κ3) is 5.58. The molecule has 0 bridgehead atoms. The van der Waals surface area contributed by atoms with Crippen LogP contribution in [0.1, 0.15) is 40.9 Å². The van der Waals surface area contributed by atoms with Crippen LogP contribution in [0.4, 0.5) is 4.79 Å². The number of carbonyl (C=O) groups excluding carboxylic acids is 1. The molecule has 1 aliphatic rings. The molecule has 1 fully saturated rings. The number of aromatic nitrogens is 1. The van der Waals surface area contributed by atoms with E-state index in [0.29, 0.717) is 47.9 Å². The van der Waals surface area contributed by atoms with Crippen molar-refractivity contribution in [3.63, 3.8) is 0 Å². The van der Waals surface area contributed by atoms with Crippen molar-refractivity contribution in [2.75, 3.05) is 14.2 Å². The first-order chi connectivity index (χ1) is 18.9. The summed E-state index contributed by atoms with van der Waals surface area (Å²) >= 11 is 8.17. The van der Waals surface area contributed by atoms with Gasteiger partial charge < -0.3 is 19.6 Å². The minimum atomic E-state index is -0.930. The summed E-state index contributed by atoms with van der Waals surface area (Å²) in [7, 11) is 3.25. The van der Waals surface area contributed by atoms with Gasteiger partial charge in [-0.2, -0.15) is 0 Å². The average Bonchev–Trinajstić information content (AvgIpc) is 3.32. The van der Waals surface area contributed by atoms with Gasteiger partial charge in [0.2, 0.25) is 0 Å². The molecule has 1 N–H and O–H groups in total. The first-order valence-electron chi connectivity index (χ1n) is 12.9. The topological polar surface area (TPSA) is 83.0 Å². The number of methoxy groups -OCH3 is 1. The van der Waals surface area contributed by atoms with Crippen LogP contribution in [-0.4, -0.2) is 58.1 Å². The summed E-state index contributed by atoms with van der Waals surface area (Å²) in [5.74, 6) is 0.583. The molecule has 0 saturated heterocycles. The van der Waals surface area contributed by atoms with E-state index in [9.17, 15) is 14.7 Å². The molecule has 0 aliphatic heterocycles. The zero-order valence-electron chi connectivity index (χ0n) is 21.8. The predicted octanol–water partition coefficient (Wildman–Crippen LogP) is 7.19. The summed E-state index contributed by atoms with van der Waals surface area (Å²) in [6.07, 6.45) is 5.35. The Hall–Kier alpha value is -3.62. The number of fused-ring (bicyclic) bond motifs is 1. The predicted molar refractivity (Wildman–Crippen MR) is 155 cm³/mol. The van der Waals surface area contributed by atoms with Gasteiger partial charge in [-0.05, 0) is 67.1 Å². The number of carbonyl (C=O) groups is 2. The van der Waals surface area contributed by atoms with Gasteiger partial charge in [-0.15, -0.1) is 11.3 Å². The van der Waals surface area contributed by atoms with Gasteiger partial charge in [0.25, 0.3) is 5.91 Å². The lowest BCUT2D eigenvalue weighted by Crippen LogP contribution is -2.46. The van der Waals surface area contributed by atoms with Gasteiger partial charge in [-0.1, -0.05) is 35.9 Å². The Morgan fingerprint density at radius 1 is 1.03 bits per heavy atom. The van der Waals surface area contributed by atoms with E-state index in [-0.39, 0.29) is 18.0 Å². The fourth-order valence-corrected chi connectivity index (χ4v) is 6.84. The van der Waals surface area contributed by atoms with Crippen molar-refractivity contribution in [1.29, 1.82) is 0 Å². The van der Waals surface area contributed by atoms with Gasteiger partial charge in [0, 0.05) is 53.7 Å². The zero-order valence-corrected chi connectivity index (χ0v) is 23.4. The van der Waals surface area contributed by atoms with Crippen LogP contribution in [0.5, 0.6) is 5.75 Å². The van der Waals surface area contributed by atoms with Gasteiger partial charge in [0.1, 0.15) is 10.6 Å². The third-order valence-corrected chi connectivity index (χ3v) is 9.24. The Bertz CT molecular complexity index is 1480. The number of hydrogen-bond acceptors (Lipinski definition) is 5. The Labute approximate surface area is 236 Å². The largest absolute Gasteiger partial charge is 0.496 e. The summed E-state index contributed by atoms with van der Waals surface area (Å²) < 4.78 is 6.68. The molecule has 2 heterocycles. The first kappa shape index (κ1) is 27.0. The summed E-state index contributed by atoms with van der Waals surface area (Å²) in [6.45, 7) is 0.343. The Balaban J connectivity index is 1.50. The van der Waals surface area contributed by atoms with Crippen molar-refractivity contribution in [3.05, 3.63) is 82.5 Å². The molecule has 7 nitrogen and oxygen atoms in total. The Morgan fingerprint density at radius 3 is 2.38 bits per heavy atom. The van der Waals surface area contributed by atoms with Crippen LogP contribution in [0, 0.1) is 0 Å². The molecule has 0 spiro atoms. The number of hydrogen-bond donors (Lipinski definition) is 1. The Morgan fingerprint density at radius 2 is 1.72 bits per heavy atom. The van der Waals surface area contributed by atoms with Crippen molar-refractivity contribution in [1.82, 2.24) is 14.8 Å². The van der Waals surface area contributed by atoms with Crippen molar-refractivity contribution in [2.45, 2.75) is 44.3 Å². The molecule has 1 saturated carbocycles. The van der Waals surface area contributed by atoms with Gasteiger partial charge in [-0.3, -0.25) is 9.78 Å². The minimum Gasteiger partial charge on any atom is -0.496 e. The first-order valence-corrected chi connectivity index (χ1v) is 14.1. The third-order valence-electron chi connectivity index (χ3n) is 7.58. The van der Waals surface area contributed by atoms with Crippen molar-refractivity contribution in [2.24, 2.45) is 0 Å². The van der Waals surface area contributed by atoms with E-state index in [4.69, 9.17) is 16.3 Å². The van der Waals surface area contributed by atoms with Crippen LogP contribution in [0.2, 0.25) is 5.02 Å². The second-order valence-corrected chi connectivity index (χ2v) is 11.2. The Kier molecular flexibility index (Phi) is 8.04. The summed E-state index contributed by atoms with van der Waals surface area (Å²) in [5, 5.41) is 10.8. The zero-order chi connectivity index (χ0) is 27.5. The number of nitrogens with zero attached hydrogens (tertiary/aromatic N) is 3. The second-order valence-electron chi connectivity index (χ2n) is 9.79. The highest BCUT2D eigenvalue weighted by Gasteiger charge is 2.34. The van der Waals surface area contributed by atoms with E-state index in [1.165, 1.54) is 16.2 Å². The summed E-state index contributed by atoms with van der Waals surface area (Å²) in [4.78, 5) is 33.7. The number of rotatable bonds is 7. The molecule has 5 rings (SSSR count). The minimum absolute atomic E-state index is 0.0619. The maximum absolute atomic E-state index is 14.2. The monoisotopic (exact) mass is 563 g/mol. The lowest BCUT2D eigenvalue weighted by atomic mass is 9.89. The second kappa shape index (κ2) is 11.6. The normalized spacial score (nSPS) is 17.1. The van der Waals surface area contributed by atoms with Crippen molar-refractivity contribution >= 4 is 45.0 Å². The van der Waals surface area contributed by atoms with Gasteiger partial charge in [0.15, 0.2) is 0 Å². The van der Waals surface area contributed by atoms with Crippen LogP contribution < -0.4 is 4.74 Å². The van der Waals surface area contributed by atoms with E-state index in [0.717, 1.165) is 26.8 Å². The molecular weight excluding hydrogens is 534 g/mol. The van der Waals surface area contributed by atoms with E-state index >= 15 is 0 Å². The lowest BCUT2D eigenvalue weighted by molar-refractivity contribution is 0.0555. The molecule has 2 aromatic heterocycles. The van der Waals surface area contributed by atoms with E-state index in [1.807, 2.05) is 53.4 Å². The van der Waals surface area contributed by atoms with Crippen LogP contribution in [0.15, 0.2) is 67.0 Å². The molecule has 0 atom stereocenters. The molecule has 0 unspecified atom stereocenters. The maximum Gasteiger partial charge on any atom is 0.407 e. The molecule has 39 heavy (non-hydrogen) atoms. The number of amides is 2. The average molecular weight is 564 g/mol. The van der Waals surface area contributed by atoms with Gasteiger partial charge in [-0.25, -0.2) is 4.79 Å². The van der Waals surface area contributed by atoms with Gasteiger partial charge in [0.05, 0.1) is 12.1 Å². The van der Waals surface area contributed by atoms with Crippen molar-refractivity contribution < 1.29 is 19.4 Å². The summed E-state index contributed by atoms with van der Waals surface area (Å²) in [5.41, 5.74) is 2.92. The smallest absolute Gasteiger partial charge is 0.407 e. The number of carboxylic acid groups (broad SMARTS) is 1. The fraction of sp³-hybridized carbons (Fsp3) is 0.300. The molecule has 9 heteroatoms. The SMILES string of the molecule is COc1ccc(-c2ccncc2)cc1CN(C(=O)c1sc2ccccc2c1Cl)C1CCC(N(C)C(=O)O)CC1. The number of benzene rings is 2. The molecular formula is C30H30ClN3O4S. The van der Waals surface area contributed by atoms with Crippen LogP contribution in [-0.2, 0) is 6.54 Å². The van der Waals surface area contributed by atoms with E-state index in [2.05, 4.69) is 11.1 Å². The van der Waals surface area contributed by atoms with Crippen molar-refractivity contribution in [3.8, 4) is 16.9 Å². The molecule has 0 radical (unpaired) electrons. The highest BCUT2D eigenvalue weighted by atomic mass is 35.5. The lowest BCUT2D eigenvalue weighted by Gasteiger charge is -2.39. The van der Waals surface area contributed by atoms with Crippen LogP contribution in [0.25, 0.3) is 21.2 Å². The van der Waals surface area contributed by atoms with E-state index in [1.54, 1.807) is 26.6 Å². The number of thiophene rings is 1. The molecule has 1 aliphatic carbocycles. The number of pyridine rings is 1. The fourth-order valence-electron chi connectivity index (χ4n) is 5.37. The molecule has 2 amide bonds. The van der Waals surface area contributed by atoms with Crippen LogP contribution >= 0.6 is 22.9 Å². The molecule has 202 valence electrons. The van der Waals surface area contributed by atoms with E-state index < -0.39 is 6.09 Å². The maximum atomic E-state index is 14.2. The standard InChI is InChI=1S/C30H30ClN3O4S/c1-33(30(36)37)22-8-10-23(11-9-22)34(29(35)28-27(31)24-5-3-4-6-26(24)39-28)18-21-17-20(7-12-25(21)38-2)19-13-15-32-16-14-19/h3-7,12-17,22-23H,8-11,18H2,1-2H3,(H,36,37). The highest BCUT2D eigenvalue weighted by Crippen LogP contribution is 2.38. The van der Waals surface area contributed by atoms with Crippen LogP contribution in [0.3, 0.4) is 0 Å². The highest BCUT2D eigenvalue weighted by molar-refractivity contribution is 7.21. The summed E-state index contributed by atoms with van der Waals surface area (Å²) in [6, 6.07) is 17.5. The van der Waals surface area contributed by atoms with Gasteiger partial charge >= 0.3 is 6.09 Å². The quantitative estimate of drug-likeness (QED) is 0.257. The number of ether oxygens (including phenoxy) is 1.